The largest absolute Gasteiger partial charge is 0.416 e. The first-order chi connectivity index (χ1) is 14.5. The number of thioether (sulfide) groups is 1. The number of sulfone groups is 1. The van der Waals surface area contributed by atoms with E-state index < -0.39 is 38.8 Å². The van der Waals surface area contributed by atoms with E-state index in [-0.39, 0.29) is 28.8 Å². The molecule has 164 valence electrons. The molecule has 31 heavy (non-hydrogen) atoms. The number of benzene rings is 2. The maximum absolute atomic E-state index is 13.2. The number of rotatable bonds is 3. The number of anilines is 1. The van der Waals surface area contributed by atoms with Crippen LogP contribution in [0.25, 0.3) is 0 Å². The fourth-order valence-electron chi connectivity index (χ4n) is 3.65. The molecule has 2 heterocycles. The number of carbonyl (C=O) groups is 1. The summed E-state index contributed by atoms with van der Waals surface area (Å²) in [4.78, 5) is 18.2. The molecule has 5 nitrogen and oxygen atoms in total. The summed E-state index contributed by atoms with van der Waals surface area (Å²) in [6.07, 6.45) is -4.63. The number of amidine groups is 1. The lowest BCUT2D eigenvalue weighted by Crippen LogP contribution is -2.38. The molecule has 11 heteroatoms. The van der Waals surface area contributed by atoms with E-state index in [1.54, 1.807) is 24.3 Å². The van der Waals surface area contributed by atoms with E-state index in [2.05, 4.69) is 4.99 Å². The Kier molecular flexibility index (Phi) is 5.82. The maximum Gasteiger partial charge on any atom is 0.416 e. The third-order valence-electron chi connectivity index (χ3n) is 5.04. The molecular weight excluding hydrogens is 473 g/mol. The minimum absolute atomic E-state index is 0.0756. The predicted octanol–water partition coefficient (Wildman–Crippen LogP) is 4.20. The molecule has 0 N–H and O–H groups in total. The van der Waals surface area contributed by atoms with Crippen LogP contribution in [0.3, 0.4) is 0 Å². The van der Waals surface area contributed by atoms with Gasteiger partial charge in [0.05, 0.1) is 29.5 Å². The number of nitrogens with zero attached hydrogens (tertiary/aromatic N) is 2. The number of amides is 1. The first kappa shape index (κ1) is 22.2. The van der Waals surface area contributed by atoms with E-state index in [4.69, 9.17) is 11.6 Å². The highest BCUT2D eigenvalue weighted by Gasteiger charge is 2.49. The number of alkyl halides is 3. The lowest BCUT2D eigenvalue weighted by atomic mass is 10.1. The highest BCUT2D eigenvalue weighted by molar-refractivity contribution is 8.16. The van der Waals surface area contributed by atoms with E-state index in [1.807, 2.05) is 0 Å². The van der Waals surface area contributed by atoms with Crippen molar-refractivity contribution in [1.82, 2.24) is 0 Å². The van der Waals surface area contributed by atoms with Crippen LogP contribution in [0.1, 0.15) is 11.1 Å². The maximum atomic E-state index is 13.2. The van der Waals surface area contributed by atoms with Crippen LogP contribution in [0.5, 0.6) is 0 Å². The smallest absolute Gasteiger partial charge is 0.316 e. The van der Waals surface area contributed by atoms with Gasteiger partial charge in [0.2, 0.25) is 0 Å². The van der Waals surface area contributed by atoms with Crippen molar-refractivity contribution in [1.29, 1.82) is 0 Å². The van der Waals surface area contributed by atoms with Gasteiger partial charge < -0.3 is 4.90 Å². The number of halogens is 4. The molecule has 2 aromatic rings. The van der Waals surface area contributed by atoms with Gasteiger partial charge in [-0.05, 0) is 29.8 Å². The van der Waals surface area contributed by atoms with Crippen LogP contribution < -0.4 is 4.90 Å². The Morgan fingerprint density at radius 1 is 1.16 bits per heavy atom. The Labute approximate surface area is 186 Å². The van der Waals surface area contributed by atoms with Gasteiger partial charge in [0.15, 0.2) is 15.0 Å². The average molecular weight is 489 g/mol. The number of hydrogen-bond donors (Lipinski definition) is 0. The van der Waals surface area contributed by atoms with E-state index >= 15 is 0 Å². The Morgan fingerprint density at radius 2 is 1.90 bits per heavy atom. The highest BCUT2D eigenvalue weighted by Crippen LogP contribution is 2.42. The average Bonchev–Trinajstić information content (AvgIpc) is 3.13. The van der Waals surface area contributed by atoms with Crippen LogP contribution in [0.4, 0.5) is 18.9 Å². The monoisotopic (exact) mass is 488 g/mol. The summed E-state index contributed by atoms with van der Waals surface area (Å²) >= 11 is 7.19. The predicted molar refractivity (Wildman–Crippen MR) is 115 cm³/mol. The minimum Gasteiger partial charge on any atom is -0.316 e. The second-order valence-electron chi connectivity index (χ2n) is 7.27. The number of carbonyl (C=O) groups excluding carboxylic acids is 1. The molecule has 2 aromatic carbocycles. The van der Waals surface area contributed by atoms with Crippen molar-refractivity contribution in [2.45, 2.75) is 23.9 Å². The molecule has 2 saturated heterocycles. The SMILES string of the molecule is O=C(Cc1ccccc1Cl)N=C1S[C@H]2CS(=O)(=O)C[C@@H]2N1c1cccc(C(F)(F)F)c1. The minimum atomic E-state index is -4.55. The molecule has 2 fully saturated rings. The molecule has 2 aliphatic rings. The fourth-order valence-corrected chi connectivity index (χ4v) is 7.78. The molecule has 0 saturated carbocycles. The molecule has 2 aliphatic heterocycles. The second-order valence-corrected chi connectivity index (χ2v) is 11.0. The van der Waals surface area contributed by atoms with Crippen LogP contribution in [0, 0.1) is 0 Å². The highest BCUT2D eigenvalue weighted by atomic mass is 35.5. The Morgan fingerprint density at radius 3 is 2.61 bits per heavy atom. The Bertz CT molecular complexity index is 1170. The lowest BCUT2D eigenvalue weighted by molar-refractivity contribution is -0.137. The van der Waals surface area contributed by atoms with Gasteiger partial charge >= 0.3 is 6.18 Å². The van der Waals surface area contributed by atoms with Crippen molar-refractivity contribution in [2.75, 3.05) is 16.4 Å². The van der Waals surface area contributed by atoms with Gasteiger partial charge in [0.25, 0.3) is 5.91 Å². The van der Waals surface area contributed by atoms with Crippen molar-refractivity contribution >= 4 is 50.0 Å². The normalized spacial score (nSPS) is 23.9. The van der Waals surface area contributed by atoms with Gasteiger partial charge in [-0.2, -0.15) is 18.2 Å². The zero-order chi connectivity index (χ0) is 22.4. The fraction of sp³-hybridized carbons (Fsp3) is 0.300. The first-order valence-electron chi connectivity index (χ1n) is 9.22. The first-order valence-corrected chi connectivity index (χ1v) is 12.3. The van der Waals surface area contributed by atoms with Gasteiger partial charge in [-0.25, -0.2) is 8.42 Å². The zero-order valence-electron chi connectivity index (χ0n) is 15.8. The van der Waals surface area contributed by atoms with Gasteiger partial charge in [-0.1, -0.05) is 47.6 Å². The molecule has 0 aromatic heterocycles. The lowest BCUT2D eigenvalue weighted by Gasteiger charge is -2.25. The Hall–Kier alpha value is -2.04. The summed E-state index contributed by atoms with van der Waals surface area (Å²) < 4.78 is 63.9. The molecule has 1 amide bonds. The summed E-state index contributed by atoms with van der Waals surface area (Å²) in [5.74, 6) is -0.843. The van der Waals surface area contributed by atoms with E-state index in [1.165, 1.54) is 17.0 Å². The van der Waals surface area contributed by atoms with Crippen LogP contribution in [-0.2, 0) is 27.2 Å². The molecule has 0 spiro atoms. The number of hydrogen-bond acceptors (Lipinski definition) is 4. The van der Waals surface area contributed by atoms with Crippen molar-refractivity contribution in [3.05, 3.63) is 64.7 Å². The topological polar surface area (TPSA) is 66.8 Å². The summed E-state index contributed by atoms with van der Waals surface area (Å²) in [7, 11) is -3.33. The third-order valence-corrected chi connectivity index (χ3v) is 8.62. The quantitative estimate of drug-likeness (QED) is 0.647. The summed E-state index contributed by atoms with van der Waals surface area (Å²) in [5.41, 5.74) is -0.132. The summed E-state index contributed by atoms with van der Waals surface area (Å²) in [6.45, 7) is 0. The van der Waals surface area contributed by atoms with E-state index in [9.17, 15) is 26.4 Å². The standard InChI is InChI=1S/C20H16ClF3N2O3S2/c21-15-7-2-1-4-12(15)8-18(27)25-19-26(16-10-31(28,29)11-17(16)30-19)14-6-3-5-13(9-14)20(22,23)24/h1-7,9,16-17H,8,10-11H2/t16-,17-/m0/s1. The van der Waals surface area contributed by atoms with Gasteiger partial charge in [0, 0.05) is 16.0 Å². The molecule has 2 atom stereocenters. The third kappa shape index (κ3) is 4.75. The summed E-state index contributed by atoms with van der Waals surface area (Å²) in [5, 5.41) is 0.195. The Balaban J connectivity index is 1.69. The van der Waals surface area contributed by atoms with Crippen molar-refractivity contribution in [3.63, 3.8) is 0 Å². The van der Waals surface area contributed by atoms with Crippen molar-refractivity contribution < 1.29 is 26.4 Å². The van der Waals surface area contributed by atoms with Gasteiger partial charge in [0.1, 0.15) is 0 Å². The second kappa shape index (κ2) is 8.14. The molecule has 0 bridgehead atoms. The van der Waals surface area contributed by atoms with Gasteiger partial charge in [-0.15, -0.1) is 0 Å². The van der Waals surface area contributed by atoms with Crippen LogP contribution >= 0.6 is 23.4 Å². The zero-order valence-corrected chi connectivity index (χ0v) is 18.2. The molecular formula is C20H16ClF3N2O3S2. The van der Waals surface area contributed by atoms with Crippen molar-refractivity contribution in [2.24, 2.45) is 4.99 Å². The number of fused-ring (bicyclic) bond motifs is 1. The van der Waals surface area contributed by atoms with Crippen molar-refractivity contribution in [3.8, 4) is 0 Å². The summed E-state index contributed by atoms with van der Waals surface area (Å²) in [6, 6.07) is 10.8. The molecule has 0 unspecified atom stereocenters. The van der Waals surface area contributed by atoms with Crippen LogP contribution in [-0.4, -0.2) is 42.3 Å². The van der Waals surface area contributed by atoms with Crippen LogP contribution in [0.15, 0.2) is 53.5 Å². The molecule has 0 radical (unpaired) electrons. The molecule has 0 aliphatic carbocycles. The number of aliphatic imine (C=N–C) groups is 1. The van der Waals surface area contributed by atoms with Gasteiger partial charge in [-0.3, -0.25) is 4.79 Å². The van der Waals surface area contributed by atoms with E-state index in [0.29, 0.717) is 10.6 Å². The van der Waals surface area contributed by atoms with Crippen LogP contribution in [0.2, 0.25) is 5.02 Å². The van der Waals surface area contributed by atoms with E-state index in [0.717, 1.165) is 23.9 Å². The molecule has 4 rings (SSSR count).